The molecule has 0 aromatic heterocycles. The van der Waals surface area contributed by atoms with Gasteiger partial charge < -0.3 is 31.4 Å². The highest BCUT2D eigenvalue weighted by Gasteiger charge is 2.06. The summed E-state index contributed by atoms with van der Waals surface area (Å²) in [7, 11) is 3.66. The fourth-order valence-corrected chi connectivity index (χ4v) is 2.14. The van der Waals surface area contributed by atoms with Crippen molar-refractivity contribution in [3.63, 3.8) is 0 Å². The molecule has 0 radical (unpaired) electrons. The van der Waals surface area contributed by atoms with E-state index in [0.717, 1.165) is 38.8 Å². The third kappa shape index (κ3) is 22.0. The summed E-state index contributed by atoms with van der Waals surface area (Å²) >= 11 is 0. The summed E-state index contributed by atoms with van der Waals surface area (Å²) in [6.45, 7) is 6.65. The van der Waals surface area contributed by atoms with Crippen molar-refractivity contribution in [1.82, 2.24) is 20.9 Å². The van der Waals surface area contributed by atoms with Crippen LogP contribution in [0.4, 0.5) is 0 Å². The lowest BCUT2D eigenvalue weighted by Crippen LogP contribution is -2.27. The van der Waals surface area contributed by atoms with Crippen LogP contribution in [0.3, 0.4) is 0 Å². The number of rotatable bonds is 9. The molecule has 1 aliphatic heterocycles. The summed E-state index contributed by atoms with van der Waals surface area (Å²) in [5, 5.41) is 8.39. The van der Waals surface area contributed by atoms with Gasteiger partial charge in [-0.2, -0.15) is 0 Å². The summed E-state index contributed by atoms with van der Waals surface area (Å²) in [6, 6.07) is 10.1. The van der Waals surface area contributed by atoms with Crippen LogP contribution in [0.1, 0.15) is 31.7 Å². The Morgan fingerprint density at radius 3 is 2.07 bits per heavy atom. The maximum Gasteiger partial charge on any atom is 0.221 e. The quantitative estimate of drug-likeness (QED) is 0.431. The van der Waals surface area contributed by atoms with Gasteiger partial charge in [0.1, 0.15) is 6.29 Å². The minimum absolute atomic E-state index is 0.0310. The number of likely N-dealkylation sites (N-methyl/N-ethyl adjacent to an activating group) is 1. The number of hydrogen-bond donors (Lipinski definition) is 4. The highest BCUT2D eigenvalue weighted by Crippen LogP contribution is 2.02. The first-order valence-electron chi connectivity index (χ1n) is 10.5. The minimum Gasteiger partial charge on any atom is -0.356 e. The van der Waals surface area contributed by atoms with E-state index in [2.05, 4.69) is 35.0 Å². The SMILES string of the molecule is CCNC.CNCC=O.NCCC(=O)NCCc1ccccc1.O=CN1CCCC1. The summed E-state index contributed by atoms with van der Waals surface area (Å²) in [5.74, 6) is 0.0310. The average molecular weight is 424 g/mol. The van der Waals surface area contributed by atoms with Gasteiger partial charge in [0.2, 0.25) is 12.3 Å². The predicted molar refractivity (Wildman–Crippen MR) is 123 cm³/mol. The van der Waals surface area contributed by atoms with Gasteiger partial charge in [-0.3, -0.25) is 9.59 Å². The number of hydrogen-bond acceptors (Lipinski definition) is 6. The zero-order valence-corrected chi connectivity index (χ0v) is 18.9. The molecule has 1 aliphatic rings. The molecule has 1 fully saturated rings. The second-order valence-corrected chi connectivity index (χ2v) is 6.40. The van der Waals surface area contributed by atoms with Crippen molar-refractivity contribution >= 4 is 18.6 Å². The summed E-state index contributed by atoms with van der Waals surface area (Å²) in [4.78, 5) is 32.1. The second kappa shape index (κ2) is 24.7. The molecule has 1 aromatic carbocycles. The molecule has 1 saturated heterocycles. The third-order valence-electron chi connectivity index (χ3n) is 3.88. The van der Waals surface area contributed by atoms with Crippen molar-refractivity contribution in [3.05, 3.63) is 35.9 Å². The van der Waals surface area contributed by atoms with E-state index in [9.17, 15) is 14.4 Å². The number of aldehydes is 1. The Morgan fingerprint density at radius 2 is 1.70 bits per heavy atom. The maximum absolute atomic E-state index is 11.0. The van der Waals surface area contributed by atoms with E-state index in [1.807, 2.05) is 25.2 Å². The molecule has 0 saturated carbocycles. The Morgan fingerprint density at radius 1 is 1.10 bits per heavy atom. The average Bonchev–Trinajstić information content (AvgIpc) is 3.30. The second-order valence-electron chi connectivity index (χ2n) is 6.40. The van der Waals surface area contributed by atoms with Gasteiger partial charge in [-0.05, 0) is 45.5 Å². The van der Waals surface area contributed by atoms with Crippen molar-refractivity contribution in [3.8, 4) is 0 Å². The van der Waals surface area contributed by atoms with Crippen LogP contribution in [0.25, 0.3) is 0 Å². The van der Waals surface area contributed by atoms with E-state index < -0.39 is 0 Å². The first-order valence-corrected chi connectivity index (χ1v) is 10.5. The predicted octanol–water partition coefficient (Wildman–Crippen LogP) is 0.563. The first-order chi connectivity index (χ1) is 14.6. The lowest BCUT2D eigenvalue weighted by atomic mass is 10.1. The molecule has 0 atom stereocenters. The molecule has 30 heavy (non-hydrogen) atoms. The van der Waals surface area contributed by atoms with E-state index in [0.29, 0.717) is 26.1 Å². The Balaban J connectivity index is 0. The zero-order valence-electron chi connectivity index (χ0n) is 18.9. The van der Waals surface area contributed by atoms with Gasteiger partial charge >= 0.3 is 0 Å². The summed E-state index contributed by atoms with van der Waals surface area (Å²) < 4.78 is 0. The molecule has 1 heterocycles. The zero-order chi connectivity index (χ0) is 22.9. The van der Waals surface area contributed by atoms with Crippen LogP contribution in [0.15, 0.2) is 30.3 Å². The monoisotopic (exact) mass is 423 g/mol. The molecule has 0 unspecified atom stereocenters. The van der Waals surface area contributed by atoms with E-state index in [4.69, 9.17) is 5.73 Å². The van der Waals surface area contributed by atoms with Crippen LogP contribution in [0, 0.1) is 0 Å². The van der Waals surface area contributed by atoms with Gasteiger partial charge in [-0.15, -0.1) is 0 Å². The van der Waals surface area contributed by atoms with Crippen LogP contribution < -0.4 is 21.7 Å². The highest BCUT2D eigenvalue weighted by molar-refractivity contribution is 5.75. The maximum atomic E-state index is 11.0. The van der Waals surface area contributed by atoms with Crippen LogP contribution >= 0.6 is 0 Å². The lowest BCUT2D eigenvalue weighted by molar-refractivity contribution is -0.121. The Bertz CT molecular complexity index is 507. The standard InChI is InChI=1S/C11H16N2O.C5H9NO.C3H7NO.C3H9N/c12-8-6-11(14)13-9-7-10-4-2-1-3-5-10;7-5-6-3-1-2-4-6;1-4-2-3-5;1-3-4-2/h1-5H,6-9,12H2,(H,13,14);5H,1-4H2;3-4H,2H2,1H3;4H,3H2,1-2H3. The van der Waals surface area contributed by atoms with E-state index >= 15 is 0 Å². The number of carbonyl (C=O) groups excluding carboxylic acids is 3. The molecule has 2 amide bonds. The number of amides is 2. The first kappa shape index (κ1) is 29.9. The van der Waals surface area contributed by atoms with Crippen LogP contribution in [-0.2, 0) is 20.8 Å². The Labute approximate surface area is 182 Å². The van der Waals surface area contributed by atoms with Crippen LogP contribution in [0.2, 0.25) is 0 Å². The van der Waals surface area contributed by atoms with Gasteiger partial charge in [0.25, 0.3) is 0 Å². The van der Waals surface area contributed by atoms with Crippen molar-refractivity contribution in [2.45, 2.75) is 32.6 Å². The Kier molecular flexibility index (Phi) is 24.7. The number of nitrogens with two attached hydrogens (primary N) is 1. The third-order valence-corrected chi connectivity index (χ3v) is 3.88. The van der Waals surface area contributed by atoms with E-state index in [-0.39, 0.29) is 5.91 Å². The molecular formula is C22H41N5O3. The van der Waals surface area contributed by atoms with Gasteiger partial charge in [-0.1, -0.05) is 37.3 Å². The number of likely N-dealkylation sites (tertiary alicyclic amines) is 1. The van der Waals surface area contributed by atoms with Gasteiger partial charge in [0.15, 0.2) is 0 Å². The van der Waals surface area contributed by atoms with Crippen molar-refractivity contribution in [2.75, 3.05) is 53.4 Å². The molecule has 8 nitrogen and oxygen atoms in total. The van der Waals surface area contributed by atoms with E-state index in [1.165, 1.54) is 18.4 Å². The van der Waals surface area contributed by atoms with E-state index in [1.54, 1.807) is 11.9 Å². The summed E-state index contributed by atoms with van der Waals surface area (Å²) in [6.07, 6.45) is 5.41. The van der Waals surface area contributed by atoms with Gasteiger partial charge in [-0.25, -0.2) is 0 Å². The molecule has 8 heteroatoms. The van der Waals surface area contributed by atoms with Gasteiger partial charge in [0.05, 0.1) is 6.54 Å². The largest absolute Gasteiger partial charge is 0.356 e. The molecule has 2 rings (SSSR count). The van der Waals surface area contributed by atoms with Crippen LogP contribution in [-0.4, -0.2) is 76.9 Å². The molecule has 5 N–H and O–H groups in total. The molecular weight excluding hydrogens is 382 g/mol. The molecule has 0 aliphatic carbocycles. The number of nitrogens with one attached hydrogen (secondary N) is 3. The highest BCUT2D eigenvalue weighted by atomic mass is 16.1. The topological polar surface area (TPSA) is 117 Å². The fourth-order valence-electron chi connectivity index (χ4n) is 2.14. The number of nitrogens with zero attached hydrogens (tertiary/aromatic N) is 1. The minimum atomic E-state index is 0.0310. The smallest absolute Gasteiger partial charge is 0.221 e. The molecule has 172 valence electrons. The molecule has 1 aromatic rings. The lowest BCUT2D eigenvalue weighted by Gasteiger charge is -2.03. The van der Waals surface area contributed by atoms with Crippen LogP contribution in [0.5, 0.6) is 0 Å². The van der Waals surface area contributed by atoms with Crippen molar-refractivity contribution in [2.24, 2.45) is 5.73 Å². The molecule has 0 spiro atoms. The Hall–Kier alpha value is -2.29. The normalized spacial score (nSPS) is 11.5. The summed E-state index contributed by atoms with van der Waals surface area (Å²) in [5.41, 5.74) is 6.49. The number of benzene rings is 1. The van der Waals surface area contributed by atoms with Crippen molar-refractivity contribution in [1.29, 1.82) is 0 Å². The fraction of sp³-hybridized carbons (Fsp3) is 0.591. The molecule has 0 bridgehead atoms. The van der Waals surface area contributed by atoms with Gasteiger partial charge in [0, 0.05) is 32.6 Å². The van der Waals surface area contributed by atoms with Crippen molar-refractivity contribution < 1.29 is 14.4 Å². The number of carbonyl (C=O) groups is 3.